The molecule has 2 aliphatic heterocycles. The molecule has 5 nitrogen and oxygen atoms in total. The monoisotopic (exact) mass is 380 g/mol. The highest BCUT2D eigenvalue weighted by atomic mass is 32.2. The van der Waals surface area contributed by atoms with Crippen molar-refractivity contribution in [1.29, 1.82) is 0 Å². The van der Waals surface area contributed by atoms with E-state index in [0.29, 0.717) is 33.0 Å². The molecule has 2 heterocycles. The van der Waals surface area contributed by atoms with Crippen LogP contribution < -0.4 is 9.47 Å². The summed E-state index contributed by atoms with van der Waals surface area (Å²) >= 11 is 6.66. The Labute approximate surface area is 160 Å². The van der Waals surface area contributed by atoms with Crippen LogP contribution in [0.4, 0.5) is 5.69 Å². The molecule has 26 heavy (non-hydrogen) atoms. The second-order valence-electron chi connectivity index (χ2n) is 5.66. The van der Waals surface area contributed by atoms with E-state index in [0.717, 1.165) is 11.1 Å². The zero-order chi connectivity index (χ0) is 18.1. The zero-order valence-corrected chi connectivity index (χ0v) is 15.1. The standard InChI is InChI=1S/C19H12N2O3S2/c1-20-14-5-2-12(3-6-14)9-17-18(22)21(19(25)26-17)10-13-4-7-15-16(8-13)24-11-23-15/h2-9H,10-11H2. The molecule has 0 N–H and O–H groups in total. The number of fused-ring (bicyclic) bond motifs is 1. The summed E-state index contributed by atoms with van der Waals surface area (Å²) < 4.78 is 11.2. The normalized spacial score (nSPS) is 17.0. The van der Waals surface area contributed by atoms with Gasteiger partial charge in [0.1, 0.15) is 4.32 Å². The highest BCUT2D eigenvalue weighted by Gasteiger charge is 2.32. The molecule has 0 atom stereocenters. The van der Waals surface area contributed by atoms with Gasteiger partial charge in [0.2, 0.25) is 6.79 Å². The quantitative estimate of drug-likeness (QED) is 0.449. The smallest absolute Gasteiger partial charge is 0.266 e. The van der Waals surface area contributed by atoms with Crippen molar-refractivity contribution in [2.24, 2.45) is 0 Å². The first kappa shape index (κ1) is 16.6. The minimum atomic E-state index is -0.119. The first-order valence-electron chi connectivity index (χ1n) is 7.75. The number of thioether (sulfide) groups is 1. The third-order valence-corrected chi connectivity index (χ3v) is 5.35. The number of hydrogen-bond donors (Lipinski definition) is 0. The van der Waals surface area contributed by atoms with Crippen molar-refractivity contribution in [2.45, 2.75) is 6.54 Å². The van der Waals surface area contributed by atoms with E-state index in [9.17, 15) is 4.79 Å². The van der Waals surface area contributed by atoms with Gasteiger partial charge in [0.25, 0.3) is 5.91 Å². The maximum Gasteiger partial charge on any atom is 0.266 e. The molecule has 128 valence electrons. The van der Waals surface area contributed by atoms with Crippen LogP contribution in [0.15, 0.2) is 47.4 Å². The fourth-order valence-electron chi connectivity index (χ4n) is 2.65. The summed E-state index contributed by atoms with van der Waals surface area (Å²) in [6.07, 6.45) is 1.80. The number of hydrogen-bond acceptors (Lipinski definition) is 5. The number of amides is 1. The van der Waals surface area contributed by atoms with Crippen molar-refractivity contribution in [3.63, 3.8) is 0 Å². The van der Waals surface area contributed by atoms with Gasteiger partial charge in [-0.2, -0.15) is 0 Å². The van der Waals surface area contributed by atoms with Crippen LogP contribution in [0.5, 0.6) is 11.5 Å². The van der Waals surface area contributed by atoms with Gasteiger partial charge in [-0.25, -0.2) is 4.85 Å². The number of carbonyl (C=O) groups is 1. The first-order chi connectivity index (χ1) is 12.6. The van der Waals surface area contributed by atoms with E-state index in [-0.39, 0.29) is 12.7 Å². The van der Waals surface area contributed by atoms with Gasteiger partial charge in [0.05, 0.1) is 18.0 Å². The predicted molar refractivity (Wildman–Crippen MR) is 104 cm³/mol. The van der Waals surface area contributed by atoms with Crippen molar-refractivity contribution < 1.29 is 14.3 Å². The second kappa shape index (κ2) is 6.83. The second-order valence-corrected chi connectivity index (χ2v) is 7.33. The number of benzene rings is 2. The minimum Gasteiger partial charge on any atom is -0.454 e. The third kappa shape index (κ3) is 3.17. The summed E-state index contributed by atoms with van der Waals surface area (Å²) in [5.41, 5.74) is 2.35. The molecule has 2 aromatic rings. The van der Waals surface area contributed by atoms with Gasteiger partial charge in [-0.15, -0.1) is 0 Å². The molecule has 0 spiro atoms. The van der Waals surface area contributed by atoms with Gasteiger partial charge < -0.3 is 9.47 Å². The Kier molecular flexibility index (Phi) is 4.37. The molecular weight excluding hydrogens is 368 g/mol. The first-order valence-corrected chi connectivity index (χ1v) is 8.98. The fourth-order valence-corrected chi connectivity index (χ4v) is 3.91. The zero-order valence-electron chi connectivity index (χ0n) is 13.5. The van der Waals surface area contributed by atoms with Crippen molar-refractivity contribution in [2.75, 3.05) is 6.79 Å². The number of nitrogens with zero attached hydrogens (tertiary/aromatic N) is 2. The molecule has 2 aliphatic rings. The average Bonchev–Trinajstić information content (AvgIpc) is 3.22. The lowest BCUT2D eigenvalue weighted by Crippen LogP contribution is -2.27. The summed E-state index contributed by atoms with van der Waals surface area (Å²) in [6.45, 7) is 7.59. The van der Waals surface area contributed by atoms with Crippen molar-refractivity contribution in [1.82, 2.24) is 4.90 Å². The third-order valence-electron chi connectivity index (χ3n) is 3.97. The molecule has 4 rings (SSSR count). The molecule has 7 heteroatoms. The summed E-state index contributed by atoms with van der Waals surface area (Å²) in [6, 6.07) is 12.7. The van der Waals surface area contributed by atoms with Gasteiger partial charge in [0, 0.05) is 0 Å². The average molecular weight is 380 g/mol. The van der Waals surface area contributed by atoms with Crippen LogP contribution in [0.1, 0.15) is 11.1 Å². The lowest BCUT2D eigenvalue weighted by molar-refractivity contribution is -0.122. The SMILES string of the molecule is [C-]#[N+]c1ccc(C=C2SC(=S)N(Cc3ccc4c(c3)OCO4)C2=O)cc1. The molecule has 1 amide bonds. The Morgan fingerprint density at radius 1 is 1.19 bits per heavy atom. The van der Waals surface area contributed by atoms with E-state index in [1.165, 1.54) is 11.8 Å². The Morgan fingerprint density at radius 3 is 2.73 bits per heavy atom. The minimum absolute atomic E-state index is 0.119. The predicted octanol–water partition coefficient (Wildman–Crippen LogP) is 4.37. The summed E-state index contributed by atoms with van der Waals surface area (Å²) in [4.78, 5) is 18.2. The highest BCUT2D eigenvalue weighted by molar-refractivity contribution is 8.26. The summed E-state index contributed by atoms with van der Waals surface area (Å²) in [5.74, 6) is 1.28. The molecule has 0 bridgehead atoms. The molecule has 1 saturated heterocycles. The Hall–Kier alpha value is -2.82. The lowest BCUT2D eigenvalue weighted by atomic mass is 10.1. The van der Waals surface area contributed by atoms with Crippen molar-refractivity contribution in [3.8, 4) is 11.5 Å². The summed E-state index contributed by atoms with van der Waals surface area (Å²) in [5, 5.41) is 0. The van der Waals surface area contributed by atoms with E-state index in [4.69, 9.17) is 28.3 Å². The van der Waals surface area contributed by atoms with Crippen LogP contribution in [-0.2, 0) is 11.3 Å². The van der Waals surface area contributed by atoms with Gasteiger partial charge in [-0.3, -0.25) is 9.69 Å². The molecule has 0 aromatic heterocycles. The van der Waals surface area contributed by atoms with Gasteiger partial charge in [-0.05, 0) is 29.3 Å². The van der Waals surface area contributed by atoms with Crippen LogP contribution in [0.3, 0.4) is 0 Å². The molecule has 0 radical (unpaired) electrons. The van der Waals surface area contributed by atoms with E-state index in [1.807, 2.05) is 30.3 Å². The number of ether oxygens (including phenoxy) is 2. The lowest BCUT2D eigenvalue weighted by Gasteiger charge is -2.14. The molecule has 1 fully saturated rings. The van der Waals surface area contributed by atoms with E-state index >= 15 is 0 Å². The molecule has 0 aliphatic carbocycles. The molecule has 2 aromatic carbocycles. The van der Waals surface area contributed by atoms with Gasteiger partial charge in [-0.1, -0.05) is 54.3 Å². The maximum absolute atomic E-state index is 12.7. The number of carbonyl (C=O) groups excluding carboxylic acids is 1. The Bertz CT molecular complexity index is 977. The van der Waals surface area contributed by atoms with Crippen molar-refractivity contribution in [3.05, 3.63) is 69.9 Å². The molecule has 0 saturated carbocycles. The largest absolute Gasteiger partial charge is 0.454 e. The topological polar surface area (TPSA) is 43.1 Å². The Balaban J connectivity index is 1.53. The van der Waals surface area contributed by atoms with Gasteiger partial charge >= 0.3 is 0 Å². The maximum atomic E-state index is 12.7. The fraction of sp³-hybridized carbons (Fsp3) is 0.105. The number of thiocarbonyl (C=S) groups is 1. The van der Waals surface area contributed by atoms with Crippen LogP contribution in [0, 0.1) is 6.57 Å². The van der Waals surface area contributed by atoms with Crippen molar-refractivity contribution >= 4 is 46.0 Å². The van der Waals surface area contributed by atoms with E-state index in [1.54, 1.807) is 23.1 Å². The van der Waals surface area contributed by atoms with E-state index < -0.39 is 0 Å². The number of rotatable bonds is 3. The van der Waals surface area contributed by atoms with Gasteiger partial charge in [0.15, 0.2) is 17.2 Å². The van der Waals surface area contributed by atoms with Crippen LogP contribution in [0.2, 0.25) is 0 Å². The van der Waals surface area contributed by atoms with Crippen LogP contribution >= 0.6 is 24.0 Å². The van der Waals surface area contributed by atoms with Crippen LogP contribution in [-0.4, -0.2) is 21.9 Å². The highest BCUT2D eigenvalue weighted by Crippen LogP contribution is 2.36. The van der Waals surface area contributed by atoms with E-state index in [2.05, 4.69) is 4.85 Å². The van der Waals surface area contributed by atoms with Crippen LogP contribution in [0.25, 0.3) is 10.9 Å². The summed E-state index contributed by atoms with van der Waals surface area (Å²) in [7, 11) is 0. The Morgan fingerprint density at radius 2 is 1.96 bits per heavy atom. The molecular formula is C19H12N2O3S2. The molecule has 0 unspecified atom stereocenters.